The van der Waals surface area contributed by atoms with Gasteiger partial charge in [-0.1, -0.05) is 24.3 Å². The first-order chi connectivity index (χ1) is 20.0. The first kappa shape index (κ1) is 28.0. The molecule has 0 saturated carbocycles. The lowest BCUT2D eigenvalue weighted by atomic mass is 10.1. The zero-order valence-electron chi connectivity index (χ0n) is 23.1. The molecule has 3 aromatic rings. The van der Waals surface area contributed by atoms with Crippen LogP contribution in [0.4, 0.5) is 11.4 Å². The van der Waals surface area contributed by atoms with Gasteiger partial charge in [0.2, 0.25) is 17.7 Å². The van der Waals surface area contributed by atoms with Crippen molar-refractivity contribution in [3.05, 3.63) is 78.9 Å². The number of hydrogen-bond acceptors (Lipinski definition) is 7. The molecule has 1 atom stereocenters. The minimum atomic E-state index is -0.852. The average Bonchev–Trinajstić information content (AvgIpc) is 3.00. The molecule has 41 heavy (non-hydrogen) atoms. The Hall–Kier alpha value is -4.57. The van der Waals surface area contributed by atoms with Crippen molar-refractivity contribution in [3.8, 4) is 17.2 Å². The fraction of sp³-hybridized carbons (Fsp3) is 0.323. The van der Waals surface area contributed by atoms with E-state index in [2.05, 4.69) is 26.5 Å². The Morgan fingerprint density at radius 2 is 1.59 bits per heavy atom. The number of para-hydroxylation sites is 1. The second-order valence-electron chi connectivity index (χ2n) is 10.1. The van der Waals surface area contributed by atoms with Crippen molar-refractivity contribution in [2.45, 2.75) is 12.5 Å². The van der Waals surface area contributed by atoms with Crippen molar-refractivity contribution >= 4 is 29.1 Å². The van der Waals surface area contributed by atoms with Crippen LogP contribution in [-0.4, -0.2) is 86.5 Å². The number of piperazine rings is 2. The summed E-state index contributed by atoms with van der Waals surface area (Å²) in [7, 11) is 1.65. The summed E-state index contributed by atoms with van der Waals surface area (Å²) in [5, 5.41) is 5.63. The number of benzene rings is 3. The molecule has 0 aromatic heterocycles. The van der Waals surface area contributed by atoms with E-state index in [0.29, 0.717) is 24.5 Å². The van der Waals surface area contributed by atoms with E-state index in [0.717, 1.165) is 43.4 Å². The third-order valence-electron chi connectivity index (χ3n) is 7.30. The maximum atomic E-state index is 13.3. The molecule has 3 aromatic carbocycles. The molecule has 2 saturated heterocycles. The van der Waals surface area contributed by atoms with E-state index < -0.39 is 6.04 Å². The van der Waals surface area contributed by atoms with Gasteiger partial charge in [-0.2, -0.15) is 0 Å². The molecule has 2 aliphatic heterocycles. The summed E-state index contributed by atoms with van der Waals surface area (Å²) in [6.45, 7) is 3.95. The molecule has 0 aliphatic carbocycles. The number of amides is 3. The van der Waals surface area contributed by atoms with Crippen LogP contribution in [0.2, 0.25) is 0 Å². The standard InChI is InChI=1S/C31H35N5O5/c1-40-27-9-5-6-24(20-27)35-18-16-34(17-19-35)22-30(38)36-15-14-32-31(39)28(36)21-29(37)33-23-10-12-26(13-11-23)41-25-7-3-2-4-8-25/h2-13,20,28H,14-19,21-22H2,1H3,(H,32,39)(H,33,37)/t28-/m0/s1. The molecule has 0 unspecified atom stereocenters. The number of hydrogen-bond donors (Lipinski definition) is 2. The van der Waals surface area contributed by atoms with Gasteiger partial charge in [0.1, 0.15) is 23.3 Å². The van der Waals surface area contributed by atoms with Gasteiger partial charge in [-0.15, -0.1) is 0 Å². The molecular weight excluding hydrogens is 522 g/mol. The average molecular weight is 558 g/mol. The van der Waals surface area contributed by atoms with Gasteiger partial charge in [-0.3, -0.25) is 19.3 Å². The molecule has 10 heteroatoms. The minimum Gasteiger partial charge on any atom is -0.497 e. The number of carbonyl (C=O) groups excluding carboxylic acids is 3. The maximum absolute atomic E-state index is 13.3. The minimum absolute atomic E-state index is 0.122. The number of carbonyl (C=O) groups is 3. The first-order valence-corrected chi connectivity index (χ1v) is 13.8. The molecule has 3 amide bonds. The lowest BCUT2D eigenvalue weighted by molar-refractivity contribution is -0.145. The SMILES string of the molecule is COc1cccc(N2CCN(CC(=O)N3CCNC(=O)[C@@H]3CC(=O)Nc3ccc(Oc4ccccc4)cc3)CC2)c1. The van der Waals surface area contributed by atoms with Crippen molar-refractivity contribution in [3.63, 3.8) is 0 Å². The normalized spacial score (nSPS) is 17.5. The first-order valence-electron chi connectivity index (χ1n) is 13.8. The zero-order chi connectivity index (χ0) is 28.6. The number of ether oxygens (including phenoxy) is 2. The Bertz CT molecular complexity index is 1340. The fourth-order valence-corrected chi connectivity index (χ4v) is 5.09. The van der Waals surface area contributed by atoms with E-state index in [9.17, 15) is 14.4 Å². The van der Waals surface area contributed by atoms with E-state index >= 15 is 0 Å². The van der Waals surface area contributed by atoms with Crippen LogP contribution in [0.25, 0.3) is 0 Å². The predicted molar refractivity (Wildman–Crippen MR) is 156 cm³/mol. The highest BCUT2D eigenvalue weighted by molar-refractivity contribution is 5.97. The zero-order valence-corrected chi connectivity index (χ0v) is 23.1. The van der Waals surface area contributed by atoms with Gasteiger partial charge < -0.3 is 29.9 Å². The third kappa shape index (κ3) is 7.34. The van der Waals surface area contributed by atoms with Crippen LogP contribution in [0.5, 0.6) is 17.2 Å². The lowest BCUT2D eigenvalue weighted by Crippen LogP contribution is -2.60. The predicted octanol–water partition coefficient (Wildman–Crippen LogP) is 2.97. The molecular formula is C31H35N5O5. The van der Waals surface area contributed by atoms with E-state index in [1.165, 1.54) is 0 Å². The number of nitrogens with one attached hydrogen (secondary N) is 2. The summed E-state index contributed by atoms with van der Waals surface area (Å²) in [5.74, 6) is 1.38. The smallest absolute Gasteiger partial charge is 0.243 e. The highest BCUT2D eigenvalue weighted by atomic mass is 16.5. The van der Waals surface area contributed by atoms with Crippen LogP contribution in [0.3, 0.4) is 0 Å². The number of methoxy groups -OCH3 is 1. The third-order valence-corrected chi connectivity index (χ3v) is 7.30. The molecule has 2 fully saturated rings. The van der Waals surface area contributed by atoms with Gasteiger partial charge >= 0.3 is 0 Å². The largest absolute Gasteiger partial charge is 0.497 e. The highest BCUT2D eigenvalue weighted by Crippen LogP contribution is 2.24. The molecule has 0 spiro atoms. The Morgan fingerprint density at radius 1 is 0.878 bits per heavy atom. The van der Waals surface area contributed by atoms with Crippen molar-refractivity contribution in [2.24, 2.45) is 0 Å². The van der Waals surface area contributed by atoms with E-state index in [1.807, 2.05) is 48.5 Å². The molecule has 2 heterocycles. The number of anilines is 2. The van der Waals surface area contributed by atoms with Gasteiger partial charge in [-0.05, 0) is 48.5 Å². The molecule has 10 nitrogen and oxygen atoms in total. The number of rotatable bonds is 9. The second kappa shape index (κ2) is 13.2. The van der Waals surface area contributed by atoms with Gasteiger partial charge in [0.05, 0.1) is 20.1 Å². The summed E-state index contributed by atoms with van der Waals surface area (Å²) in [5.41, 5.74) is 1.67. The Labute approximate surface area is 239 Å². The van der Waals surface area contributed by atoms with Gasteiger partial charge in [0.15, 0.2) is 0 Å². The Balaban J connectivity index is 1.13. The summed E-state index contributed by atoms with van der Waals surface area (Å²) >= 11 is 0. The molecule has 0 bridgehead atoms. The van der Waals surface area contributed by atoms with Crippen LogP contribution in [0.15, 0.2) is 78.9 Å². The molecule has 214 valence electrons. The monoisotopic (exact) mass is 557 g/mol. The van der Waals surface area contributed by atoms with Crippen LogP contribution in [0.1, 0.15) is 6.42 Å². The topological polar surface area (TPSA) is 103 Å². The number of nitrogens with zero attached hydrogens (tertiary/aromatic N) is 3. The molecule has 0 radical (unpaired) electrons. The molecule has 2 aliphatic rings. The van der Waals surface area contributed by atoms with Gasteiger partial charge in [0.25, 0.3) is 0 Å². The van der Waals surface area contributed by atoms with Gasteiger partial charge in [-0.25, -0.2) is 0 Å². The van der Waals surface area contributed by atoms with E-state index in [4.69, 9.17) is 9.47 Å². The molecule has 2 N–H and O–H groups in total. The van der Waals surface area contributed by atoms with Crippen LogP contribution in [0, 0.1) is 0 Å². The maximum Gasteiger partial charge on any atom is 0.243 e. The highest BCUT2D eigenvalue weighted by Gasteiger charge is 2.35. The van der Waals surface area contributed by atoms with Crippen molar-refractivity contribution in [2.75, 3.05) is 63.1 Å². The van der Waals surface area contributed by atoms with Crippen LogP contribution < -0.4 is 25.0 Å². The van der Waals surface area contributed by atoms with Crippen molar-refractivity contribution in [1.82, 2.24) is 15.1 Å². The quantitative estimate of drug-likeness (QED) is 0.417. The van der Waals surface area contributed by atoms with Crippen molar-refractivity contribution in [1.29, 1.82) is 0 Å². The van der Waals surface area contributed by atoms with E-state index in [1.54, 1.807) is 36.3 Å². The van der Waals surface area contributed by atoms with Crippen LogP contribution >= 0.6 is 0 Å². The van der Waals surface area contributed by atoms with E-state index in [-0.39, 0.29) is 30.7 Å². The fourth-order valence-electron chi connectivity index (χ4n) is 5.09. The van der Waals surface area contributed by atoms with Crippen LogP contribution in [-0.2, 0) is 14.4 Å². The summed E-state index contributed by atoms with van der Waals surface area (Å²) < 4.78 is 11.1. The lowest BCUT2D eigenvalue weighted by Gasteiger charge is -2.39. The Morgan fingerprint density at radius 3 is 2.32 bits per heavy atom. The Kier molecular flexibility index (Phi) is 9.00. The van der Waals surface area contributed by atoms with Gasteiger partial charge in [0, 0.05) is 56.7 Å². The van der Waals surface area contributed by atoms with Crippen molar-refractivity contribution < 1.29 is 23.9 Å². The summed E-state index contributed by atoms with van der Waals surface area (Å²) in [6.07, 6.45) is -0.122. The second-order valence-corrected chi connectivity index (χ2v) is 10.1. The summed E-state index contributed by atoms with van der Waals surface area (Å²) in [6, 6.07) is 23.5. The summed E-state index contributed by atoms with van der Waals surface area (Å²) in [4.78, 5) is 44.8. The molecule has 5 rings (SSSR count).